The van der Waals surface area contributed by atoms with Crippen molar-refractivity contribution in [2.24, 2.45) is 5.92 Å². The first kappa shape index (κ1) is 21.2. The first-order valence-corrected chi connectivity index (χ1v) is 10.9. The molecule has 0 aliphatic heterocycles. The van der Waals surface area contributed by atoms with Crippen LogP contribution in [0.15, 0.2) is 29.6 Å². The maximum absolute atomic E-state index is 13.5. The summed E-state index contributed by atoms with van der Waals surface area (Å²) in [5.41, 5.74) is 0.287. The van der Waals surface area contributed by atoms with E-state index in [1.54, 1.807) is 23.6 Å². The summed E-state index contributed by atoms with van der Waals surface area (Å²) in [6.07, 6.45) is 6.55. The van der Waals surface area contributed by atoms with Crippen LogP contribution >= 0.6 is 11.3 Å². The normalized spacial score (nSPS) is 14.0. The van der Waals surface area contributed by atoms with Crippen molar-refractivity contribution in [2.45, 2.75) is 45.1 Å². The van der Waals surface area contributed by atoms with Crippen LogP contribution in [0.4, 0.5) is 4.39 Å². The Hall–Kier alpha value is -2.48. The van der Waals surface area contributed by atoms with E-state index in [0.29, 0.717) is 30.4 Å². The zero-order valence-electron chi connectivity index (χ0n) is 16.3. The molecule has 0 bridgehead atoms. The topological polar surface area (TPSA) is 80.3 Å². The van der Waals surface area contributed by atoms with Gasteiger partial charge in [0, 0.05) is 24.9 Å². The second-order valence-corrected chi connectivity index (χ2v) is 8.08. The van der Waals surface area contributed by atoms with E-state index in [9.17, 15) is 14.0 Å². The van der Waals surface area contributed by atoms with E-state index >= 15 is 0 Å². The van der Waals surface area contributed by atoms with E-state index in [1.165, 1.54) is 43.1 Å². The van der Waals surface area contributed by atoms with Crippen LogP contribution in [0.5, 0.6) is 5.75 Å². The first-order chi connectivity index (χ1) is 14.1. The third kappa shape index (κ3) is 6.81. The van der Waals surface area contributed by atoms with Gasteiger partial charge < -0.3 is 15.4 Å². The van der Waals surface area contributed by atoms with Crippen LogP contribution in [0.3, 0.4) is 0 Å². The predicted molar refractivity (Wildman–Crippen MR) is 109 cm³/mol. The van der Waals surface area contributed by atoms with Crippen LogP contribution in [-0.4, -0.2) is 29.9 Å². The highest BCUT2D eigenvalue weighted by molar-refractivity contribution is 7.09. The molecule has 1 aromatic carbocycles. The zero-order valence-corrected chi connectivity index (χ0v) is 17.1. The minimum absolute atomic E-state index is 0.0346. The van der Waals surface area contributed by atoms with Crippen molar-refractivity contribution >= 4 is 23.2 Å². The standard InChI is InChI=1S/C21H26FN3O3S/c22-16-7-3-4-8-18(16)28-13-20-25-17(14-29-20)21(27)24-12-11-23-19(26)10-9-15-5-1-2-6-15/h3-4,7-8,14-15H,1-2,5-6,9-13H2,(H,23,26)(H,24,27). The summed E-state index contributed by atoms with van der Waals surface area (Å²) >= 11 is 1.28. The molecule has 2 aromatic rings. The number of para-hydroxylation sites is 1. The number of nitrogens with one attached hydrogen (secondary N) is 2. The molecule has 0 atom stereocenters. The molecule has 6 nitrogen and oxygen atoms in total. The van der Waals surface area contributed by atoms with Gasteiger partial charge in [0.2, 0.25) is 5.91 Å². The van der Waals surface area contributed by atoms with Gasteiger partial charge in [0.25, 0.3) is 5.91 Å². The van der Waals surface area contributed by atoms with Gasteiger partial charge in [0.1, 0.15) is 17.3 Å². The lowest BCUT2D eigenvalue weighted by Crippen LogP contribution is -2.34. The lowest BCUT2D eigenvalue weighted by molar-refractivity contribution is -0.121. The highest BCUT2D eigenvalue weighted by atomic mass is 32.1. The fourth-order valence-corrected chi connectivity index (χ4v) is 4.06. The Kier molecular flexibility index (Phi) is 7.98. The molecule has 0 saturated heterocycles. The minimum Gasteiger partial charge on any atom is -0.483 e. The molecular formula is C21H26FN3O3S. The Labute approximate surface area is 173 Å². The van der Waals surface area contributed by atoms with E-state index in [4.69, 9.17) is 4.74 Å². The largest absolute Gasteiger partial charge is 0.483 e. The van der Waals surface area contributed by atoms with Gasteiger partial charge in [-0.2, -0.15) is 0 Å². The second-order valence-electron chi connectivity index (χ2n) is 7.14. The number of thiazole rings is 1. The number of aromatic nitrogens is 1. The van der Waals surface area contributed by atoms with Crippen LogP contribution in [0, 0.1) is 11.7 Å². The molecule has 29 heavy (non-hydrogen) atoms. The number of carbonyl (C=O) groups is 2. The molecule has 1 fully saturated rings. The van der Waals surface area contributed by atoms with Gasteiger partial charge in [-0.25, -0.2) is 9.37 Å². The molecule has 0 unspecified atom stereocenters. The van der Waals surface area contributed by atoms with Crippen molar-refractivity contribution in [1.29, 1.82) is 0 Å². The SMILES string of the molecule is O=C(CCC1CCCC1)NCCNC(=O)c1csc(COc2ccccc2F)n1. The van der Waals surface area contributed by atoms with Crippen molar-refractivity contribution in [3.05, 3.63) is 46.2 Å². The number of hydrogen-bond acceptors (Lipinski definition) is 5. The average Bonchev–Trinajstić information content (AvgIpc) is 3.41. The van der Waals surface area contributed by atoms with Crippen LogP contribution < -0.4 is 15.4 Å². The van der Waals surface area contributed by atoms with E-state index in [-0.39, 0.29) is 29.9 Å². The number of rotatable bonds is 10. The summed E-state index contributed by atoms with van der Waals surface area (Å²) in [6, 6.07) is 6.14. The van der Waals surface area contributed by atoms with Gasteiger partial charge in [-0.1, -0.05) is 37.8 Å². The quantitative estimate of drug-likeness (QED) is 0.576. The van der Waals surface area contributed by atoms with Gasteiger partial charge >= 0.3 is 0 Å². The molecule has 0 radical (unpaired) electrons. The van der Waals surface area contributed by atoms with Crippen molar-refractivity contribution in [3.63, 3.8) is 0 Å². The first-order valence-electron chi connectivity index (χ1n) is 9.98. The van der Waals surface area contributed by atoms with Gasteiger partial charge in [0.05, 0.1) is 0 Å². The highest BCUT2D eigenvalue weighted by Gasteiger charge is 2.16. The summed E-state index contributed by atoms with van der Waals surface area (Å²) in [5, 5.41) is 7.79. The van der Waals surface area contributed by atoms with Gasteiger partial charge in [-0.05, 0) is 24.5 Å². The van der Waals surface area contributed by atoms with E-state index in [2.05, 4.69) is 15.6 Å². The maximum Gasteiger partial charge on any atom is 0.270 e. The van der Waals surface area contributed by atoms with Gasteiger partial charge in [-0.3, -0.25) is 9.59 Å². The lowest BCUT2D eigenvalue weighted by atomic mass is 10.0. The Morgan fingerprint density at radius 1 is 1.17 bits per heavy atom. The number of ether oxygens (including phenoxy) is 1. The number of benzene rings is 1. The Balaban J connectivity index is 1.32. The number of nitrogens with zero attached hydrogens (tertiary/aromatic N) is 1. The summed E-state index contributed by atoms with van der Waals surface area (Å²) < 4.78 is 18.9. The van der Waals surface area contributed by atoms with Crippen molar-refractivity contribution in [2.75, 3.05) is 13.1 Å². The molecule has 1 aliphatic rings. The van der Waals surface area contributed by atoms with E-state index in [1.807, 2.05) is 0 Å². The molecular weight excluding hydrogens is 393 g/mol. The highest BCUT2D eigenvalue weighted by Crippen LogP contribution is 2.28. The molecule has 1 heterocycles. The monoisotopic (exact) mass is 419 g/mol. The van der Waals surface area contributed by atoms with Crippen molar-refractivity contribution in [1.82, 2.24) is 15.6 Å². The smallest absolute Gasteiger partial charge is 0.270 e. The summed E-state index contributed by atoms with van der Waals surface area (Å²) in [5.74, 6) is 0.136. The number of halogens is 1. The average molecular weight is 420 g/mol. The number of carbonyl (C=O) groups excluding carboxylic acids is 2. The molecule has 1 saturated carbocycles. The van der Waals surface area contributed by atoms with Crippen molar-refractivity contribution < 1.29 is 18.7 Å². The van der Waals surface area contributed by atoms with E-state index in [0.717, 1.165) is 6.42 Å². The molecule has 1 aliphatic carbocycles. The second kappa shape index (κ2) is 10.9. The van der Waals surface area contributed by atoms with Crippen LogP contribution in [0.1, 0.15) is 54.0 Å². The van der Waals surface area contributed by atoms with Crippen LogP contribution in [0.25, 0.3) is 0 Å². The fourth-order valence-electron chi connectivity index (χ4n) is 3.37. The Morgan fingerprint density at radius 2 is 1.93 bits per heavy atom. The number of amides is 2. The lowest BCUT2D eigenvalue weighted by Gasteiger charge is -2.09. The summed E-state index contributed by atoms with van der Waals surface area (Å²) in [4.78, 5) is 28.2. The third-order valence-corrected chi connectivity index (χ3v) is 5.78. The van der Waals surface area contributed by atoms with Crippen molar-refractivity contribution in [3.8, 4) is 5.75 Å². The Bertz CT molecular complexity index is 821. The van der Waals surface area contributed by atoms with E-state index < -0.39 is 5.82 Å². The number of hydrogen-bond donors (Lipinski definition) is 2. The predicted octanol–water partition coefficient (Wildman–Crippen LogP) is 3.68. The molecule has 8 heteroatoms. The molecule has 0 spiro atoms. The fraction of sp³-hybridized carbons (Fsp3) is 0.476. The third-order valence-electron chi connectivity index (χ3n) is 4.96. The van der Waals surface area contributed by atoms with Crippen LogP contribution in [0.2, 0.25) is 0 Å². The molecule has 156 valence electrons. The minimum atomic E-state index is -0.438. The summed E-state index contributed by atoms with van der Waals surface area (Å²) in [7, 11) is 0. The van der Waals surface area contributed by atoms with Gasteiger partial charge in [0.15, 0.2) is 11.6 Å². The maximum atomic E-state index is 13.5. The van der Waals surface area contributed by atoms with Gasteiger partial charge in [-0.15, -0.1) is 11.3 Å². The molecule has 3 rings (SSSR count). The zero-order chi connectivity index (χ0) is 20.5. The molecule has 1 aromatic heterocycles. The Morgan fingerprint density at radius 3 is 2.72 bits per heavy atom. The molecule has 2 N–H and O–H groups in total. The van der Waals surface area contributed by atoms with Crippen LogP contribution in [-0.2, 0) is 11.4 Å². The molecule has 2 amide bonds. The summed E-state index contributed by atoms with van der Waals surface area (Å²) in [6.45, 7) is 0.825.